The summed E-state index contributed by atoms with van der Waals surface area (Å²) in [5, 5.41) is 2.91. The van der Waals surface area contributed by atoms with Gasteiger partial charge in [-0.25, -0.2) is 0 Å². The Morgan fingerprint density at radius 3 is 2.38 bits per heavy atom. The van der Waals surface area contributed by atoms with Crippen molar-refractivity contribution in [3.8, 4) is 0 Å². The van der Waals surface area contributed by atoms with Crippen LogP contribution in [0, 0.1) is 0 Å². The number of carbonyl (C=O) groups excluding carboxylic acids is 2. The second kappa shape index (κ2) is 8.90. The molecule has 1 fully saturated rings. The van der Waals surface area contributed by atoms with Crippen LogP contribution >= 0.6 is 11.8 Å². The van der Waals surface area contributed by atoms with Crippen LogP contribution in [-0.4, -0.2) is 36.1 Å². The minimum Gasteiger partial charge on any atom is -0.339 e. The highest BCUT2D eigenvalue weighted by Gasteiger charge is 2.21. The van der Waals surface area contributed by atoms with Crippen molar-refractivity contribution in [3.63, 3.8) is 0 Å². The number of nitrogens with zero attached hydrogens (tertiary/aromatic N) is 1. The Balaban J connectivity index is 1.75. The van der Waals surface area contributed by atoms with E-state index in [9.17, 15) is 9.59 Å². The van der Waals surface area contributed by atoms with Crippen LogP contribution in [-0.2, 0) is 5.75 Å². The monoisotopic (exact) mass is 368 g/mol. The van der Waals surface area contributed by atoms with Crippen LogP contribution in [0.3, 0.4) is 0 Å². The molecule has 3 rings (SSSR count). The average molecular weight is 369 g/mol. The Bertz CT molecular complexity index is 768. The van der Waals surface area contributed by atoms with E-state index in [0.29, 0.717) is 16.8 Å². The van der Waals surface area contributed by atoms with Gasteiger partial charge in [-0.1, -0.05) is 24.3 Å². The lowest BCUT2D eigenvalue weighted by Gasteiger charge is -2.27. The average Bonchev–Trinajstić information content (AvgIpc) is 2.69. The Labute approximate surface area is 159 Å². The van der Waals surface area contributed by atoms with E-state index < -0.39 is 0 Å². The third-order valence-electron chi connectivity index (χ3n) is 4.58. The zero-order valence-corrected chi connectivity index (χ0v) is 15.8. The number of hydrogen-bond donors (Lipinski definition) is 1. The first kappa shape index (κ1) is 18.5. The molecule has 5 heteroatoms. The van der Waals surface area contributed by atoms with E-state index in [4.69, 9.17) is 0 Å². The van der Waals surface area contributed by atoms with Gasteiger partial charge < -0.3 is 10.2 Å². The topological polar surface area (TPSA) is 49.4 Å². The van der Waals surface area contributed by atoms with Gasteiger partial charge in [-0.2, -0.15) is 11.8 Å². The second-order valence-electron chi connectivity index (χ2n) is 6.48. The summed E-state index contributed by atoms with van der Waals surface area (Å²) in [6.45, 7) is 1.58. The lowest BCUT2D eigenvalue weighted by atomic mass is 10.1. The zero-order chi connectivity index (χ0) is 18.4. The molecule has 0 unspecified atom stereocenters. The number of para-hydroxylation sites is 1. The maximum absolute atomic E-state index is 12.8. The molecule has 1 N–H and O–H groups in total. The number of benzene rings is 2. The summed E-state index contributed by atoms with van der Waals surface area (Å²) < 4.78 is 0. The van der Waals surface area contributed by atoms with Crippen molar-refractivity contribution in [1.82, 2.24) is 4.90 Å². The number of carbonyl (C=O) groups is 2. The standard InChI is InChI=1S/C21H24N2O2S/c1-26-15-16-9-11-17(12-10-16)20(24)22-19-8-4-3-7-18(19)21(25)23-13-5-2-6-14-23/h3-4,7-12H,2,5-6,13-15H2,1H3,(H,22,24). The third kappa shape index (κ3) is 4.47. The molecule has 2 aromatic rings. The van der Waals surface area contributed by atoms with Gasteiger partial charge in [0.2, 0.25) is 0 Å². The van der Waals surface area contributed by atoms with Crippen molar-refractivity contribution >= 4 is 29.3 Å². The molecule has 1 aliphatic heterocycles. The lowest BCUT2D eigenvalue weighted by Crippen LogP contribution is -2.36. The molecule has 0 atom stereocenters. The second-order valence-corrected chi connectivity index (χ2v) is 7.35. The van der Waals surface area contributed by atoms with Crippen molar-refractivity contribution in [2.75, 3.05) is 24.7 Å². The number of nitrogens with one attached hydrogen (secondary N) is 1. The molecule has 0 radical (unpaired) electrons. The van der Waals surface area contributed by atoms with Crippen LogP contribution in [0.15, 0.2) is 48.5 Å². The Hall–Kier alpha value is -2.27. The van der Waals surface area contributed by atoms with Gasteiger partial charge in [0.15, 0.2) is 0 Å². The molecular weight excluding hydrogens is 344 g/mol. The maximum atomic E-state index is 12.8. The molecule has 136 valence electrons. The largest absolute Gasteiger partial charge is 0.339 e. The summed E-state index contributed by atoms with van der Waals surface area (Å²) >= 11 is 1.75. The van der Waals surface area contributed by atoms with E-state index in [-0.39, 0.29) is 11.8 Å². The summed E-state index contributed by atoms with van der Waals surface area (Å²) in [5.41, 5.74) is 2.91. The van der Waals surface area contributed by atoms with E-state index in [1.807, 2.05) is 41.3 Å². The molecule has 2 amide bonds. The van der Waals surface area contributed by atoms with E-state index >= 15 is 0 Å². The SMILES string of the molecule is CSCc1ccc(C(=O)Nc2ccccc2C(=O)N2CCCCC2)cc1. The van der Waals surface area contributed by atoms with Crippen molar-refractivity contribution in [1.29, 1.82) is 0 Å². The molecule has 1 saturated heterocycles. The predicted molar refractivity (Wildman–Crippen MR) is 108 cm³/mol. The molecule has 0 aliphatic carbocycles. The van der Waals surface area contributed by atoms with Gasteiger partial charge in [0.25, 0.3) is 11.8 Å². The quantitative estimate of drug-likeness (QED) is 0.849. The van der Waals surface area contributed by atoms with Crippen LogP contribution < -0.4 is 5.32 Å². The first-order valence-electron chi connectivity index (χ1n) is 8.96. The fourth-order valence-corrected chi connectivity index (χ4v) is 3.69. The van der Waals surface area contributed by atoms with E-state index in [1.54, 1.807) is 23.9 Å². The molecule has 2 aromatic carbocycles. The van der Waals surface area contributed by atoms with Crippen LogP contribution in [0.25, 0.3) is 0 Å². The fourth-order valence-electron chi connectivity index (χ4n) is 3.16. The number of amides is 2. The van der Waals surface area contributed by atoms with Crippen LogP contribution in [0.1, 0.15) is 45.5 Å². The van der Waals surface area contributed by atoms with Gasteiger partial charge in [-0.05, 0) is 55.3 Å². The first-order valence-corrected chi connectivity index (χ1v) is 10.4. The highest BCUT2D eigenvalue weighted by molar-refractivity contribution is 7.97. The number of piperidine rings is 1. The number of hydrogen-bond acceptors (Lipinski definition) is 3. The van der Waals surface area contributed by atoms with Crippen LogP contribution in [0.4, 0.5) is 5.69 Å². The minimum atomic E-state index is -0.195. The Kier molecular flexibility index (Phi) is 6.34. The minimum absolute atomic E-state index is 0.00378. The summed E-state index contributed by atoms with van der Waals surface area (Å²) in [6, 6.07) is 14.8. The van der Waals surface area contributed by atoms with E-state index in [2.05, 4.69) is 11.6 Å². The van der Waals surface area contributed by atoms with Gasteiger partial charge in [0.1, 0.15) is 0 Å². The normalized spacial score (nSPS) is 14.1. The smallest absolute Gasteiger partial charge is 0.255 e. The summed E-state index contributed by atoms with van der Waals surface area (Å²) in [6.07, 6.45) is 5.32. The van der Waals surface area contributed by atoms with Crippen molar-refractivity contribution < 1.29 is 9.59 Å². The maximum Gasteiger partial charge on any atom is 0.255 e. The summed E-state index contributed by atoms with van der Waals surface area (Å²) in [4.78, 5) is 27.3. The van der Waals surface area contributed by atoms with Gasteiger partial charge >= 0.3 is 0 Å². The molecule has 4 nitrogen and oxygen atoms in total. The molecule has 0 bridgehead atoms. The highest BCUT2D eigenvalue weighted by Crippen LogP contribution is 2.21. The van der Waals surface area contributed by atoms with Crippen LogP contribution in [0.2, 0.25) is 0 Å². The molecule has 26 heavy (non-hydrogen) atoms. The zero-order valence-electron chi connectivity index (χ0n) is 15.0. The highest BCUT2D eigenvalue weighted by atomic mass is 32.2. The van der Waals surface area contributed by atoms with Gasteiger partial charge in [0.05, 0.1) is 11.3 Å². The van der Waals surface area contributed by atoms with E-state index in [0.717, 1.165) is 31.7 Å². The van der Waals surface area contributed by atoms with Crippen molar-refractivity contribution in [3.05, 3.63) is 65.2 Å². The Morgan fingerprint density at radius 1 is 1.00 bits per heavy atom. The van der Waals surface area contributed by atoms with Crippen molar-refractivity contribution in [2.45, 2.75) is 25.0 Å². The molecule has 0 aromatic heterocycles. The number of likely N-dealkylation sites (tertiary alicyclic amines) is 1. The number of rotatable bonds is 5. The molecule has 1 aliphatic rings. The molecule has 1 heterocycles. The fraction of sp³-hybridized carbons (Fsp3) is 0.333. The van der Waals surface area contributed by atoms with Gasteiger partial charge in [-0.3, -0.25) is 9.59 Å². The number of anilines is 1. The number of thioether (sulfide) groups is 1. The first-order chi connectivity index (χ1) is 12.7. The third-order valence-corrected chi connectivity index (χ3v) is 5.20. The molecule has 0 saturated carbocycles. The van der Waals surface area contributed by atoms with E-state index in [1.165, 1.54) is 12.0 Å². The molecular formula is C21H24N2O2S. The van der Waals surface area contributed by atoms with Gasteiger partial charge in [-0.15, -0.1) is 0 Å². The van der Waals surface area contributed by atoms with Gasteiger partial charge in [0, 0.05) is 24.4 Å². The lowest BCUT2D eigenvalue weighted by molar-refractivity contribution is 0.0725. The Morgan fingerprint density at radius 2 is 1.69 bits per heavy atom. The molecule has 0 spiro atoms. The predicted octanol–water partition coefficient (Wildman–Crippen LogP) is 4.43. The van der Waals surface area contributed by atoms with Crippen LogP contribution in [0.5, 0.6) is 0 Å². The van der Waals surface area contributed by atoms with Crippen molar-refractivity contribution in [2.24, 2.45) is 0 Å². The summed E-state index contributed by atoms with van der Waals surface area (Å²) in [5.74, 6) is 0.727. The summed E-state index contributed by atoms with van der Waals surface area (Å²) in [7, 11) is 0.